The summed E-state index contributed by atoms with van der Waals surface area (Å²) in [5, 5.41) is 6.79. The second kappa shape index (κ2) is 5.91. The highest BCUT2D eigenvalue weighted by Crippen LogP contribution is 2.22. The van der Waals surface area contributed by atoms with Gasteiger partial charge in [-0.05, 0) is 24.3 Å². The highest BCUT2D eigenvalue weighted by atomic mass is 32.2. The number of amidine groups is 1. The fraction of sp³-hybridized carbons (Fsp3) is 0.615. The minimum atomic E-state index is 0.464. The fourth-order valence-corrected chi connectivity index (χ4v) is 3.92. The molecule has 1 N–H and O–H groups in total. The summed E-state index contributed by atoms with van der Waals surface area (Å²) in [5.41, 5.74) is 0. The van der Waals surface area contributed by atoms with E-state index in [9.17, 15) is 0 Å². The summed E-state index contributed by atoms with van der Waals surface area (Å²) in [6, 6.07) is 5.27. The first-order chi connectivity index (χ1) is 8.15. The standard InChI is InChI=1S/C13H20N2S2/c1-9(2)12-8-17-13(15-12)14-10(3)7-11-5-4-6-16-11/h4-6,9-10,12H,7-8H2,1-3H3,(H,14,15). The maximum atomic E-state index is 4.73. The van der Waals surface area contributed by atoms with Crippen molar-refractivity contribution in [3.05, 3.63) is 22.4 Å². The Morgan fingerprint density at radius 1 is 1.47 bits per heavy atom. The Hall–Kier alpha value is -0.480. The third kappa shape index (κ3) is 3.75. The van der Waals surface area contributed by atoms with Crippen LogP contribution in [0.1, 0.15) is 25.6 Å². The van der Waals surface area contributed by atoms with E-state index >= 15 is 0 Å². The van der Waals surface area contributed by atoms with Crippen LogP contribution in [0, 0.1) is 5.92 Å². The predicted octanol–water partition coefficient (Wildman–Crippen LogP) is 3.40. The summed E-state index contributed by atoms with van der Waals surface area (Å²) in [6.45, 7) is 6.71. The highest BCUT2D eigenvalue weighted by Gasteiger charge is 2.21. The average molecular weight is 268 g/mol. The summed E-state index contributed by atoms with van der Waals surface area (Å²) in [5.74, 6) is 1.78. The Kier molecular flexibility index (Phi) is 4.51. The van der Waals surface area contributed by atoms with Gasteiger partial charge in [-0.25, -0.2) is 0 Å². The number of hydrogen-bond donors (Lipinski definition) is 1. The lowest BCUT2D eigenvalue weighted by atomic mass is 10.1. The van der Waals surface area contributed by atoms with E-state index in [0.717, 1.165) is 17.3 Å². The summed E-state index contributed by atoms with van der Waals surface area (Å²) in [7, 11) is 0. The van der Waals surface area contributed by atoms with Gasteiger partial charge in [0.2, 0.25) is 0 Å². The van der Waals surface area contributed by atoms with Gasteiger partial charge < -0.3 is 5.32 Å². The number of aliphatic imine (C=N–C) groups is 1. The van der Waals surface area contributed by atoms with Gasteiger partial charge in [0.05, 0.1) is 6.04 Å². The quantitative estimate of drug-likeness (QED) is 0.905. The molecule has 0 bridgehead atoms. The zero-order valence-corrected chi connectivity index (χ0v) is 12.3. The van der Waals surface area contributed by atoms with Gasteiger partial charge in [-0.1, -0.05) is 31.7 Å². The fourth-order valence-electron chi connectivity index (χ4n) is 1.80. The van der Waals surface area contributed by atoms with Crippen molar-refractivity contribution in [2.24, 2.45) is 10.9 Å². The Bertz CT molecular complexity index is 371. The molecule has 1 aromatic rings. The SMILES string of the molecule is CC(Cc1cccs1)NC1=NC(C(C)C)CS1. The lowest BCUT2D eigenvalue weighted by Gasteiger charge is -2.13. The van der Waals surface area contributed by atoms with Crippen LogP contribution in [0.25, 0.3) is 0 Å². The third-order valence-electron chi connectivity index (χ3n) is 2.90. The zero-order valence-electron chi connectivity index (χ0n) is 10.6. The monoisotopic (exact) mass is 268 g/mol. The molecule has 2 nitrogen and oxygen atoms in total. The molecule has 0 fully saturated rings. The van der Waals surface area contributed by atoms with Crippen LogP contribution < -0.4 is 5.32 Å². The normalized spacial score (nSPS) is 21.6. The first-order valence-electron chi connectivity index (χ1n) is 6.14. The van der Waals surface area contributed by atoms with Crippen LogP contribution in [0.3, 0.4) is 0 Å². The van der Waals surface area contributed by atoms with Crippen LogP contribution in [0.4, 0.5) is 0 Å². The van der Waals surface area contributed by atoms with E-state index in [1.54, 1.807) is 0 Å². The van der Waals surface area contributed by atoms with Crippen LogP contribution in [0.2, 0.25) is 0 Å². The largest absolute Gasteiger partial charge is 0.362 e. The number of hydrogen-bond acceptors (Lipinski definition) is 4. The molecule has 2 unspecified atom stereocenters. The third-order valence-corrected chi connectivity index (χ3v) is 4.80. The Labute approximate surface area is 112 Å². The van der Waals surface area contributed by atoms with Gasteiger partial charge in [0, 0.05) is 23.1 Å². The number of thiophene rings is 1. The van der Waals surface area contributed by atoms with E-state index in [1.807, 2.05) is 23.1 Å². The molecule has 2 atom stereocenters. The number of rotatable bonds is 4. The minimum absolute atomic E-state index is 0.464. The molecular weight excluding hydrogens is 248 g/mol. The van der Waals surface area contributed by atoms with Crippen LogP contribution in [0.15, 0.2) is 22.5 Å². The molecule has 0 saturated heterocycles. The van der Waals surface area contributed by atoms with E-state index in [1.165, 1.54) is 4.88 Å². The molecule has 1 aliphatic heterocycles. The summed E-state index contributed by atoms with van der Waals surface area (Å²) < 4.78 is 0. The summed E-state index contributed by atoms with van der Waals surface area (Å²) in [4.78, 5) is 6.17. The molecule has 2 rings (SSSR count). The summed E-state index contributed by atoms with van der Waals surface area (Å²) in [6.07, 6.45) is 1.09. The van der Waals surface area contributed by atoms with Gasteiger partial charge in [-0.15, -0.1) is 11.3 Å². The van der Waals surface area contributed by atoms with Crippen molar-refractivity contribution in [1.29, 1.82) is 0 Å². The maximum absolute atomic E-state index is 4.73. The number of thioether (sulfide) groups is 1. The average Bonchev–Trinajstić information content (AvgIpc) is 2.88. The molecule has 0 amide bonds. The second-order valence-corrected chi connectivity index (χ2v) is 6.93. The van der Waals surface area contributed by atoms with Gasteiger partial charge in [0.25, 0.3) is 0 Å². The minimum Gasteiger partial charge on any atom is -0.362 e. The molecule has 17 heavy (non-hydrogen) atoms. The van der Waals surface area contributed by atoms with E-state index in [4.69, 9.17) is 4.99 Å². The topological polar surface area (TPSA) is 24.4 Å². The number of nitrogens with one attached hydrogen (secondary N) is 1. The molecule has 94 valence electrons. The van der Waals surface area contributed by atoms with Crippen molar-refractivity contribution in [3.8, 4) is 0 Å². The van der Waals surface area contributed by atoms with E-state index in [2.05, 4.69) is 43.6 Å². The molecule has 0 aliphatic carbocycles. The smallest absolute Gasteiger partial charge is 0.157 e. The number of nitrogens with zero attached hydrogens (tertiary/aromatic N) is 1. The van der Waals surface area contributed by atoms with Crippen LogP contribution in [-0.2, 0) is 6.42 Å². The molecule has 1 aliphatic rings. The molecular formula is C13H20N2S2. The van der Waals surface area contributed by atoms with Gasteiger partial charge in [-0.2, -0.15) is 0 Å². The van der Waals surface area contributed by atoms with Crippen molar-refractivity contribution in [3.63, 3.8) is 0 Å². The van der Waals surface area contributed by atoms with Crippen molar-refractivity contribution in [2.45, 2.75) is 39.3 Å². The molecule has 0 radical (unpaired) electrons. The molecule has 1 aromatic heterocycles. The van der Waals surface area contributed by atoms with Crippen LogP contribution >= 0.6 is 23.1 Å². The van der Waals surface area contributed by atoms with Gasteiger partial charge in [0.1, 0.15) is 0 Å². The highest BCUT2D eigenvalue weighted by molar-refractivity contribution is 8.14. The van der Waals surface area contributed by atoms with Crippen LogP contribution in [0.5, 0.6) is 0 Å². The van der Waals surface area contributed by atoms with Crippen molar-refractivity contribution >= 4 is 28.3 Å². The lowest BCUT2D eigenvalue weighted by Crippen LogP contribution is -2.31. The van der Waals surface area contributed by atoms with Crippen molar-refractivity contribution in [1.82, 2.24) is 5.32 Å². The zero-order chi connectivity index (χ0) is 12.3. The van der Waals surface area contributed by atoms with E-state index in [-0.39, 0.29) is 0 Å². The Morgan fingerprint density at radius 3 is 2.88 bits per heavy atom. The van der Waals surface area contributed by atoms with Gasteiger partial charge in [0.15, 0.2) is 5.17 Å². The molecule has 2 heterocycles. The predicted molar refractivity (Wildman–Crippen MR) is 79.1 cm³/mol. The van der Waals surface area contributed by atoms with Crippen LogP contribution in [-0.4, -0.2) is 23.0 Å². The van der Waals surface area contributed by atoms with Crippen molar-refractivity contribution < 1.29 is 0 Å². The van der Waals surface area contributed by atoms with Gasteiger partial charge in [-0.3, -0.25) is 4.99 Å². The van der Waals surface area contributed by atoms with Crippen molar-refractivity contribution in [2.75, 3.05) is 5.75 Å². The first-order valence-corrected chi connectivity index (χ1v) is 8.01. The summed E-state index contributed by atoms with van der Waals surface area (Å²) >= 11 is 3.69. The Morgan fingerprint density at radius 2 is 2.29 bits per heavy atom. The Balaban J connectivity index is 1.83. The maximum Gasteiger partial charge on any atom is 0.157 e. The molecule has 0 saturated carbocycles. The van der Waals surface area contributed by atoms with E-state index in [0.29, 0.717) is 18.0 Å². The second-order valence-electron chi connectivity index (χ2n) is 4.89. The lowest BCUT2D eigenvalue weighted by molar-refractivity contribution is 0.540. The molecule has 0 spiro atoms. The first kappa shape index (κ1) is 13.0. The van der Waals surface area contributed by atoms with Gasteiger partial charge >= 0.3 is 0 Å². The molecule has 4 heteroatoms. The molecule has 0 aromatic carbocycles. The van der Waals surface area contributed by atoms with E-state index < -0.39 is 0 Å².